The highest BCUT2D eigenvalue weighted by Gasteiger charge is 2.33. The van der Waals surface area contributed by atoms with Gasteiger partial charge in [0.25, 0.3) is 0 Å². The van der Waals surface area contributed by atoms with E-state index in [1.54, 1.807) is 30.3 Å². The Labute approximate surface area is 165 Å². The summed E-state index contributed by atoms with van der Waals surface area (Å²) in [6.45, 7) is 2.88. The predicted molar refractivity (Wildman–Crippen MR) is 106 cm³/mol. The summed E-state index contributed by atoms with van der Waals surface area (Å²) in [6, 6.07) is 14.1. The largest absolute Gasteiger partial charge is 0.352 e. The lowest BCUT2D eigenvalue weighted by molar-refractivity contribution is -0.126. The minimum Gasteiger partial charge on any atom is -0.352 e. The van der Waals surface area contributed by atoms with Crippen LogP contribution in [0.1, 0.15) is 24.0 Å². The fourth-order valence-electron chi connectivity index (χ4n) is 3.20. The molecule has 7 heteroatoms. The molecule has 27 heavy (non-hydrogen) atoms. The van der Waals surface area contributed by atoms with Crippen LogP contribution in [0.5, 0.6) is 0 Å². The molecule has 1 fully saturated rings. The lowest BCUT2D eigenvalue weighted by atomic mass is 9.99. The van der Waals surface area contributed by atoms with Gasteiger partial charge in [-0.1, -0.05) is 47.5 Å². The third-order valence-corrected chi connectivity index (χ3v) is 7.07. The number of aryl methyl sites for hydroxylation is 1. The first-order valence-electron chi connectivity index (χ1n) is 8.96. The van der Waals surface area contributed by atoms with Gasteiger partial charge in [-0.05, 0) is 43.5 Å². The molecule has 1 saturated heterocycles. The lowest BCUT2D eigenvalue weighted by Gasteiger charge is -2.31. The first-order valence-corrected chi connectivity index (χ1v) is 10.8. The zero-order chi connectivity index (χ0) is 19.4. The molecule has 1 aliphatic rings. The van der Waals surface area contributed by atoms with Crippen molar-refractivity contribution in [1.82, 2.24) is 9.62 Å². The zero-order valence-electron chi connectivity index (χ0n) is 15.2. The van der Waals surface area contributed by atoms with Gasteiger partial charge in [-0.15, -0.1) is 0 Å². The van der Waals surface area contributed by atoms with Gasteiger partial charge in [-0.2, -0.15) is 4.31 Å². The van der Waals surface area contributed by atoms with Crippen LogP contribution in [0.15, 0.2) is 53.4 Å². The highest BCUT2D eigenvalue weighted by molar-refractivity contribution is 7.89. The van der Waals surface area contributed by atoms with Crippen molar-refractivity contribution < 1.29 is 13.2 Å². The summed E-state index contributed by atoms with van der Waals surface area (Å²) in [7, 11) is -3.59. The number of nitrogens with one attached hydrogen (secondary N) is 1. The molecule has 0 bridgehead atoms. The van der Waals surface area contributed by atoms with E-state index in [-0.39, 0.29) is 23.3 Å². The Balaban J connectivity index is 1.65. The molecule has 3 rings (SSSR count). The van der Waals surface area contributed by atoms with Gasteiger partial charge in [-0.25, -0.2) is 8.42 Å². The lowest BCUT2D eigenvalue weighted by Crippen LogP contribution is -2.45. The second-order valence-electron chi connectivity index (χ2n) is 6.82. The van der Waals surface area contributed by atoms with E-state index in [2.05, 4.69) is 5.32 Å². The van der Waals surface area contributed by atoms with Crippen molar-refractivity contribution in [3.05, 3.63) is 64.7 Å². The summed E-state index contributed by atoms with van der Waals surface area (Å²) in [5, 5.41) is 3.49. The Morgan fingerprint density at radius 1 is 1.19 bits per heavy atom. The Morgan fingerprint density at radius 2 is 1.89 bits per heavy atom. The standard InChI is InChI=1S/C20H23ClN2O3S/c1-15-8-10-18(11-9-15)27(25,26)23-12-4-6-17(14-23)20(24)22-13-16-5-2-3-7-19(16)21/h2-3,5,7-11,17H,4,6,12-14H2,1H3,(H,22,24)/t17-/m0/s1. The smallest absolute Gasteiger partial charge is 0.243 e. The van der Waals surface area contributed by atoms with Crippen LogP contribution in [-0.4, -0.2) is 31.7 Å². The molecule has 1 amide bonds. The van der Waals surface area contributed by atoms with Gasteiger partial charge in [0, 0.05) is 24.7 Å². The van der Waals surface area contributed by atoms with E-state index in [0.29, 0.717) is 31.0 Å². The number of amides is 1. The molecule has 5 nitrogen and oxygen atoms in total. The number of rotatable bonds is 5. The monoisotopic (exact) mass is 406 g/mol. The van der Waals surface area contributed by atoms with Gasteiger partial charge >= 0.3 is 0 Å². The average Bonchev–Trinajstić information content (AvgIpc) is 2.67. The highest BCUT2D eigenvalue weighted by atomic mass is 35.5. The number of sulfonamides is 1. The molecule has 0 saturated carbocycles. The molecule has 144 valence electrons. The number of nitrogens with zero attached hydrogens (tertiary/aromatic N) is 1. The van der Waals surface area contributed by atoms with Crippen molar-refractivity contribution in [2.75, 3.05) is 13.1 Å². The maximum Gasteiger partial charge on any atom is 0.243 e. The zero-order valence-corrected chi connectivity index (χ0v) is 16.8. The van der Waals surface area contributed by atoms with Gasteiger partial charge in [0.15, 0.2) is 0 Å². The summed E-state index contributed by atoms with van der Waals surface area (Å²) in [5.74, 6) is -0.500. The summed E-state index contributed by atoms with van der Waals surface area (Å²) >= 11 is 6.12. The maximum absolute atomic E-state index is 12.9. The first kappa shape index (κ1) is 19.9. The van der Waals surface area contributed by atoms with Crippen LogP contribution in [-0.2, 0) is 21.4 Å². The fourth-order valence-corrected chi connectivity index (χ4v) is 4.93. The van der Waals surface area contributed by atoms with Crippen molar-refractivity contribution in [1.29, 1.82) is 0 Å². The van der Waals surface area contributed by atoms with Crippen LogP contribution >= 0.6 is 11.6 Å². The molecule has 1 heterocycles. The van der Waals surface area contributed by atoms with E-state index >= 15 is 0 Å². The number of piperidine rings is 1. The van der Waals surface area contributed by atoms with Gasteiger partial charge in [-0.3, -0.25) is 4.79 Å². The SMILES string of the molecule is Cc1ccc(S(=O)(=O)N2CCC[C@H](C(=O)NCc3ccccc3Cl)C2)cc1. The van der Waals surface area contributed by atoms with Crippen LogP contribution in [0.4, 0.5) is 0 Å². The van der Waals surface area contributed by atoms with Crippen molar-refractivity contribution in [2.24, 2.45) is 5.92 Å². The van der Waals surface area contributed by atoms with Crippen LogP contribution in [0.25, 0.3) is 0 Å². The number of halogens is 1. The topological polar surface area (TPSA) is 66.5 Å². The molecule has 0 aliphatic carbocycles. The number of carbonyl (C=O) groups is 1. The van der Waals surface area contributed by atoms with Gasteiger partial charge in [0.2, 0.25) is 15.9 Å². The van der Waals surface area contributed by atoms with E-state index in [1.165, 1.54) is 4.31 Å². The highest BCUT2D eigenvalue weighted by Crippen LogP contribution is 2.24. The third-order valence-electron chi connectivity index (χ3n) is 4.82. The Bertz CT molecular complexity index is 913. The molecule has 0 aromatic heterocycles. The summed E-state index contributed by atoms with van der Waals surface area (Å²) in [5.41, 5.74) is 1.84. The molecule has 1 atom stereocenters. The molecule has 1 aliphatic heterocycles. The molecule has 1 N–H and O–H groups in total. The van der Waals surface area contributed by atoms with Crippen LogP contribution in [0, 0.1) is 12.8 Å². The van der Waals surface area contributed by atoms with E-state index in [0.717, 1.165) is 11.1 Å². The Hall–Kier alpha value is -1.89. The van der Waals surface area contributed by atoms with Gasteiger partial charge in [0.05, 0.1) is 10.8 Å². The van der Waals surface area contributed by atoms with Gasteiger partial charge in [0.1, 0.15) is 0 Å². The van der Waals surface area contributed by atoms with Crippen LogP contribution in [0.2, 0.25) is 5.02 Å². The second-order valence-corrected chi connectivity index (χ2v) is 9.17. The molecule has 2 aromatic rings. The van der Waals surface area contributed by atoms with E-state index < -0.39 is 10.0 Å². The first-order chi connectivity index (χ1) is 12.9. The molecule has 0 unspecified atom stereocenters. The number of hydrogen-bond acceptors (Lipinski definition) is 3. The van der Waals surface area contributed by atoms with Crippen LogP contribution < -0.4 is 5.32 Å². The molecular weight excluding hydrogens is 384 g/mol. The Kier molecular flexibility index (Phi) is 6.19. The van der Waals surface area contributed by atoms with Gasteiger partial charge < -0.3 is 5.32 Å². The van der Waals surface area contributed by atoms with E-state index in [4.69, 9.17) is 11.6 Å². The number of benzene rings is 2. The Morgan fingerprint density at radius 3 is 2.59 bits per heavy atom. The average molecular weight is 407 g/mol. The third kappa shape index (κ3) is 4.69. The molecule has 0 spiro atoms. The fraction of sp³-hybridized carbons (Fsp3) is 0.350. The minimum absolute atomic E-state index is 0.140. The number of carbonyl (C=O) groups excluding carboxylic acids is 1. The normalized spacial score (nSPS) is 18.2. The predicted octanol–water partition coefficient (Wildman–Crippen LogP) is 3.37. The molecule has 2 aromatic carbocycles. The van der Waals surface area contributed by atoms with Crippen molar-refractivity contribution >= 4 is 27.5 Å². The summed E-state index contributed by atoms with van der Waals surface area (Å²) < 4.78 is 27.2. The maximum atomic E-state index is 12.9. The van der Waals surface area contributed by atoms with E-state index in [1.807, 2.05) is 25.1 Å². The minimum atomic E-state index is -3.59. The summed E-state index contributed by atoms with van der Waals surface area (Å²) in [6.07, 6.45) is 1.34. The van der Waals surface area contributed by atoms with Crippen molar-refractivity contribution in [3.8, 4) is 0 Å². The van der Waals surface area contributed by atoms with Crippen molar-refractivity contribution in [2.45, 2.75) is 31.2 Å². The van der Waals surface area contributed by atoms with E-state index in [9.17, 15) is 13.2 Å². The number of hydrogen-bond donors (Lipinski definition) is 1. The molecular formula is C20H23ClN2O3S. The van der Waals surface area contributed by atoms with Crippen LogP contribution in [0.3, 0.4) is 0 Å². The second kappa shape index (κ2) is 8.42. The quantitative estimate of drug-likeness (QED) is 0.827. The van der Waals surface area contributed by atoms with Crippen molar-refractivity contribution in [3.63, 3.8) is 0 Å². The molecule has 0 radical (unpaired) electrons. The summed E-state index contributed by atoms with van der Waals surface area (Å²) in [4.78, 5) is 12.8.